The summed E-state index contributed by atoms with van der Waals surface area (Å²) in [5.74, 6) is -0.235. The molecule has 2 aromatic carbocycles. The Bertz CT molecular complexity index is 793. The van der Waals surface area contributed by atoms with Crippen molar-refractivity contribution in [1.29, 1.82) is 0 Å². The summed E-state index contributed by atoms with van der Waals surface area (Å²) in [6, 6.07) is 11.5. The van der Waals surface area contributed by atoms with Gasteiger partial charge in [0, 0.05) is 7.05 Å². The van der Waals surface area contributed by atoms with Gasteiger partial charge in [-0.3, -0.25) is 0 Å². The summed E-state index contributed by atoms with van der Waals surface area (Å²) in [7, 11) is 1.88. The number of aromatic nitrogens is 2. The molecule has 108 valence electrons. The molecule has 3 rings (SSSR count). The fraction of sp³-hybridized carbons (Fsp3) is 0.133. The Morgan fingerprint density at radius 2 is 1.81 bits per heavy atom. The Morgan fingerprint density at radius 1 is 1.05 bits per heavy atom. The summed E-state index contributed by atoms with van der Waals surface area (Å²) in [4.78, 5) is 4.24. The van der Waals surface area contributed by atoms with Gasteiger partial charge in [-0.05, 0) is 35.4 Å². The predicted molar refractivity (Wildman–Crippen MR) is 72.8 cm³/mol. The van der Waals surface area contributed by atoms with E-state index in [4.69, 9.17) is 0 Å². The minimum absolute atomic E-state index is 0.235. The van der Waals surface area contributed by atoms with Crippen LogP contribution in [-0.2, 0) is 7.05 Å². The van der Waals surface area contributed by atoms with E-state index in [0.29, 0.717) is 5.56 Å². The highest BCUT2D eigenvalue weighted by Crippen LogP contribution is 2.29. The number of aryl methyl sites for hydroxylation is 1. The van der Waals surface area contributed by atoms with Crippen LogP contribution in [0.4, 0.5) is 13.2 Å². The quantitative estimate of drug-likeness (QED) is 0.710. The van der Waals surface area contributed by atoms with E-state index in [1.54, 1.807) is 12.4 Å². The van der Waals surface area contributed by atoms with Crippen molar-refractivity contribution in [2.24, 2.45) is 7.05 Å². The monoisotopic (exact) mass is 292 g/mol. The lowest BCUT2D eigenvalue weighted by Gasteiger charge is -2.10. The van der Waals surface area contributed by atoms with Crippen molar-refractivity contribution in [1.82, 2.24) is 9.55 Å². The van der Waals surface area contributed by atoms with Crippen molar-refractivity contribution < 1.29 is 17.9 Å². The molecule has 0 saturated heterocycles. The van der Waals surface area contributed by atoms with Gasteiger partial charge in [0.1, 0.15) is 5.75 Å². The van der Waals surface area contributed by atoms with Crippen LogP contribution in [0.5, 0.6) is 5.75 Å². The van der Waals surface area contributed by atoms with E-state index in [1.807, 2.05) is 29.8 Å². The van der Waals surface area contributed by atoms with Crippen LogP contribution in [0.25, 0.3) is 22.2 Å². The summed E-state index contributed by atoms with van der Waals surface area (Å²) in [5.41, 5.74) is 3.18. The van der Waals surface area contributed by atoms with Gasteiger partial charge in [0.15, 0.2) is 0 Å². The summed E-state index contributed by atoms with van der Waals surface area (Å²) >= 11 is 0. The molecule has 21 heavy (non-hydrogen) atoms. The Labute approximate surface area is 118 Å². The molecule has 0 aliphatic carbocycles. The lowest BCUT2D eigenvalue weighted by molar-refractivity contribution is -0.274. The summed E-state index contributed by atoms with van der Waals surface area (Å²) < 4.78 is 42.6. The molecule has 0 aliphatic heterocycles. The first-order chi connectivity index (χ1) is 9.92. The molecule has 0 fully saturated rings. The maximum absolute atomic E-state index is 12.3. The average Bonchev–Trinajstić information content (AvgIpc) is 2.78. The number of nitrogens with zero attached hydrogens (tertiary/aromatic N) is 2. The van der Waals surface area contributed by atoms with Crippen LogP contribution >= 0.6 is 0 Å². The highest BCUT2D eigenvalue weighted by atomic mass is 19.4. The highest BCUT2D eigenvalue weighted by Gasteiger charge is 2.31. The largest absolute Gasteiger partial charge is 0.573 e. The molecule has 3 aromatic rings. The fourth-order valence-electron chi connectivity index (χ4n) is 2.19. The molecule has 0 saturated carbocycles. The van der Waals surface area contributed by atoms with Gasteiger partial charge in [-0.1, -0.05) is 18.2 Å². The third-order valence-electron chi connectivity index (χ3n) is 3.13. The summed E-state index contributed by atoms with van der Waals surface area (Å²) in [5, 5.41) is 0. The lowest BCUT2D eigenvalue weighted by atomic mass is 10.0. The van der Waals surface area contributed by atoms with Crippen LogP contribution in [0.1, 0.15) is 0 Å². The number of ether oxygens (including phenoxy) is 1. The lowest BCUT2D eigenvalue weighted by Crippen LogP contribution is -2.17. The van der Waals surface area contributed by atoms with E-state index in [0.717, 1.165) is 16.6 Å². The Morgan fingerprint density at radius 3 is 2.57 bits per heavy atom. The van der Waals surface area contributed by atoms with Crippen molar-refractivity contribution in [3.8, 4) is 16.9 Å². The van der Waals surface area contributed by atoms with Crippen LogP contribution in [0.3, 0.4) is 0 Å². The smallest absolute Gasteiger partial charge is 0.406 e. The second-order valence-corrected chi connectivity index (χ2v) is 4.63. The average molecular weight is 292 g/mol. The SMILES string of the molecule is Cn1cnc2cc(-c3cccc(OC(F)(F)F)c3)ccc21. The maximum Gasteiger partial charge on any atom is 0.573 e. The molecular weight excluding hydrogens is 281 g/mol. The van der Waals surface area contributed by atoms with Crippen molar-refractivity contribution >= 4 is 11.0 Å². The van der Waals surface area contributed by atoms with Crippen LogP contribution in [0.15, 0.2) is 48.8 Å². The minimum atomic E-state index is -4.69. The van der Waals surface area contributed by atoms with Gasteiger partial charge in [-0.25, -0.2) is 4.98 Å². The molecule has 0 radical (unpaired) electrons. The zero-order valence-corrected chi connectivity index (χ0v) is 11.1. The van der Waals surface area contributed by atoms with Crippen molar-refractivity contribution in [2.75, 3.05) is 0 Å². The van der Waals surface area contributed by atoms with E-state index >= 15 is 0 Å². The van der Waals surface area contributed by atoms with Crippen LogP contribution in [-0.4, -0.2) is 15.9 Å². The summed E-state index contributed by atoms with van der Waals surface area (Å²) in [6.45, 7) is 0. The second-order valence-electron chi connectivity index (χ2n) is 4.63. The molecule has 3 nitrogen and oxygen atoms in total. The van der Waals surface area contributed by atoms with Crippen molar-refractivity contribution in [3.63, 3.8) is 0 Å². The van der Waals surface area contributed by atoms with Crippen molar-refractivity contribution in [3.05, 3.63) is 48.8 Å². The molecule has 0 unspecified atom stereocenters. The number of hydrogen-bond acceptors (Lipinski definition) is 2. The van der Waals surface area contributed by atoms with E-state index in [1.165, 1.54) is 18.2 Å². The molecule has 1 aromatic heterocycles. The topological polar surface area (TPSA) is 27.1 Å². The molecule has 1 heterocycles. The Kier molecular flexibility index (Phi) is 3.08. The van der Waals surface area contributed by atoms with Gasteiger partial charge >= 0.3 is 6.36 Å². The number of fused-ring (bicyclic) bond motifs is 1. The first-order valence-corrected chi connectivity index (χ1v) is 6.20. The number of rotatable bonds is 2. The normalized spacial score (nSPS) is 11.8. The zero-order valence-electron chi connectivity index (χ0n) is 11.1. The molecule has 0 aliphatic rings. The van der Waals surface area contributed by atoms with Gasteiger partial charge in [0.05, 0.1) is 17.4 Å². The van der Waals surface area contributed by atoms with Gasteiger partial charge in [-0.2, -0.15) is 0 Å². The molecule has 0 atom stereocenters. The van der Waals surface area contributed by atoms with E-state index in [-0.39, 0.29) is 5.75 Å². The molecule has 0 bridgehead atoms. The number of hydrogen-bond donors (Lipinski definition) is 0. The predicted octanol–water partition coefficient (Wildman–Crippen LogP) is 4.14. The number of halogens is 3. The molecule has 0 amide bonds. The zero-order chi connectivity index (χ0) is 15.0. The molecule has 6 heteroatoms. The van der Waals surface area contributed by atoms with Gasteiger partial charge in [0.25, 0.3) is 0 Å². The molecule has 0 N–H and O–H groups in total. The number of benzene rings is 2. The van der Waals surface area contributed by atoms with Crippen LogP contribution in [0.2, 0.25) is 0 Å². The van der Waals surface area contributed by atoms with Crippen LogP contribution < -0.4 is 4.74 Å². The second kappa shape index (κ2) is 4.80. The van der Waals surface area contributed by atoms with Gasteiger partial charge in [0.2, 0.25) is 0 Å². The van der Waals surface area contributed by atoms with Crippen LogP contribution in [0, 0.1) is 0 Å². The molecule has 0 spiro atoms. The first-order valence-electron chi connectivity index (χ1n) is 6.20. The van der Waals surface area contributed by atoms with Gasteiger partial charge < -0.3 is 9.30 Å². The number of imidazole rings is 1. The minimum Gasteiger partial charge on any atom is -0.406 e. The van der Waals surface area contributed by atoms with Crippen molar-refractivity contribution in [2.45, 2.75) is 6.36 Å². The van der Waals surface area contributed by atoms with E-state index in [9.17, 15) is 13.2 Å². The van der Waals surface area contributed by atoms with E-state index < -0.39 is 6.36 Å². The standard InChI is InChI=1S/C15H11F3N2O/c1-20-9-19-13-8-11(5-6-14(13)20)10-3-2-4-12(7-10)21-15(16,17)18/h2-9H,1H3. The third kappa shape index (κ3) is 2.84. The fourth-order valence-corrected chi connectivity index (χ4v) is 2.19. The Hall–Kier alpha value is -2.50. The highest BCUT2D eigenvalue weighted by molar-refractivity contribution is 5.82. The maximum atomic E-state index is 12.3. The third-order valence-corrected chi connectivity index (χ3v) is 3.13. The Balaban J connectivity index is 2.00. The summed E-state index contributed by atoms with van der Waals surface area (Å²) in [6.07, 6.45) is -3.00. The molecular formula is C15H11F3N2O. The van der Waals surface area contributed by atoms with Gasteiger partial charge in [-0.15, -0.1) is 13.2 Å². The van der Waals surface area contributed by atoms with E-state index in [2.05, 4.69) is 9.72 Å². The number of alkyl halides is 3. The first kappa shape index (κ1) is 13.5.